The largest absolute Gasteiger partial charge is 0.330 e. The van der Waals surface area contributed by atoms with Gasteiger partial charge in [0, 0.05) is 58.1 Å². The maximum Gasteiger partial charge on any atom is 0.330 e. The average Bonchev–Trinajstić information content (AvgIpc) is 2.58. The Bertz CT molecular complexity index is 864. The summed E-state index contributed by atoms with van der Waals surface area (Å²) in [5, 5.41) is 3.31. The quantitative estimate of drug-likeness (QED) is 0.870. The molecule has 25 heavy (non-hydrogen) atoms. The van der Waals surface area contributed by atoms with Crippen LogP contribution in [-0.2, 0) is 20.6 Å². The topological polar surface area (TPSA) is 59.3 Å². The molecule has 3 rings (SSSR count). The van der Waals surface area contributed by atoms with Gasteiger partial charge in [0.15, 0.2) is 0 Å². The summed E-state index contributed by atoms with van der Waals surface area (Å²) in [4.78, 5) is 26.3. The van der Waals surface area contributed by atoms with Gasteiger partial charge >= 0.3 is 5.69 Å². The Morgan fingerprint density at radius 3 is 2.76 bits per heavy atom. The molecule has 2 heterocycles. The summed E-state index contributed by atoms with van der Waals surface area (Å²) in [6.07, 6.45) is 1.59. The smallest absolute Gasteiger partial charge is 0.314 e. The molecule has 136 valence electrons. The first-order valence-electron chi connectivity index (χ1n) is 7.93. The lowest BCUT2D eigenvalue weighted by Gasteiger charge is -2.36. The first-order chi connectivity index (χ1) is 11.5. The second-order valence-corrected chi connectivity index (χ2v) is 6.16. The predicted molar refractivity (Wildman–Crippen MR) is 96.6 cm³/mol. The van der Waals surface area contributed by atoms with Gasteiger partial charge in [-0.1, -0.05) is 12.1 Å². The Hall–Kier alpha value is -1.96. The van der Waals surface area contributed by atoms with E-state index < -0.39 is 0 Å². The van der Waals surface area contributed by atoms with Crippen LogP contribution >= 0.6 is 12.4 Å². The number of rotatable bonds is 3. The molecule has 8 heteroatoms. The molecule has 0 radical (unpaired) electrons. The highest BCUT2D eigenvalue weighted by atomic mass is 35.5. The summed E-state index contributed by atoms with van der Waals surface area (Å²) in [5.74, 6) is -0.268. The average molecular weight is 369 g/mol. The first kappa shape index (κ1) is 19.4. The lowest BCUT2D eigenvalue weighted by atomic mass is 10.0. The summed E-state index contributed by atoms with van der Waals surface area (Å²) in [6, 6.07) is 6.53. The molecule has 1 N–H and O–H groups in total. The molecule has 0 saturated carbocycles. The van der Waals surface area contributed by atoms with Gasteiger partial charge in [0.25, 0.3) is 5.56 Å². The van der Waals surface area contributed by atoms with E-state index in [1.165, 1.54) is 23.7 Å². The molecule has 1 fully saturated rings. The van der Waals surface area contributed by atoms with E-state index in [-0.39, 0.29) is 35.5 Å². The summed E-state index contributed by atoms with van der Waals surface area (Å²) < 4.78 is 16.1. The summed E-state index contributed by atoms with van der Waals surface area (Å²) in [7, 11) is 3.11. The van der Waals surface area contributed by atoms with E-state index >= 15 is 0 Å². The normalized spacial score (nSPS) is 18.0. The summed E-state index contributed by atoms with van der Waals surface area (Å²) in [6.45, 7) is 2.66. The molecule has 1 aliphatic heterocycles. The van der Waals surface area contributed by atoms with Gasteiger partial charge in [0.1, 0.15) is 5.82 Å². The van der Waals surface area contributed by atoms with E-state index in [0.717, 1.165) is 23.2 Å². The van der Waals surface area contributed by atoms with Gasteiger partial charge in [-0.05, 0) is 17.7 Å². The molecular formula is C17H22ClFN4O2. The van der Waals surface area contributed by atoms with Crippen molar-refractivity contribution in [2.75, 3.05) is 19.6 Å². The van der Waals surface area contributed by atoms with Crippen LogP contribution in [0, 0.1) is 5.82 Å². The zero-order valence-corrected chi connectivity index (χ0v) is 15.1. The Morgan fingerprint density at radius 1 is 1.28 bits per heavy atom. The number of nitrogens with zero attached hydrogens (tertiary/aromatic N) is 3. The van der Waals surface area contributed by atoms with E-state index in [9.17, 15) is 14.0 Å². The van der Waals surface area contributed by atoms with Gasteiger partial charge in [0.05, 0.1) is 0 Å². The van der Waals surface area contributed by atoms with Crippen molar-refractivity contribution in [1.29, 1.82) is 0 Å². The number of halogens is 2. The van der Waals surface area contributed by atoms with Gasteiger partial charge < -0.3 is 9.88 Å². The summed E-state index contributed by atoms with van der Waals surface area (Å²) in [5.41, 5.74) is 0.812. The number of nitrogens with one attached hydrogen (secondary N) is 1. The van der Waals surface area contributed by atoms with Crippen LogP contribution in [0.1, 0.15) is 17.2 Å². The highest BCUT2D eigenvalue weighted by Gasteiger charge is 2.25. The third-order valence-corrected chi connectivity index (χ3v) is 4.48. The number of aromatic nitrogens is 2. The molecule has 1 aromatic carbocycles. The van der Waals surface area contributed by atoms with Gasteiger partial charge in [-0.15, -0.1) is 12.4 Å². The van der Waals surface area contributed by atoms with Crippen molar-refractivity contribution >= 4 is 12.4 Å². The maximum absolute atomic E-state index is 13.6. The molecule has 1 atom stereocenters. The number of benzene rings is 1. The fourth-order valence-corrected chi connectivity index (χ4v) is 3.19. The van der Waals surface area contributed by atoms with Crippen LogP contribution < -0.4 is 16.6 Å². The molecule has 0 amide bonds. The minimum atomic E-state index is -0.342. The van der Waals surface area contributed by atoms with Crippen LogP contribution in [0.2, 0.25) is 0 Å². The van der Waals surface area contributed by atoms with Crippen molar-refractivity contribution in [2.45, 2.75) is 12.6 Å². The van der Waals surface area contributed by atoms with Crippen LogP contribution in [0.5, 0.6) is 0 Å². The zero-order chi connectivity index (χ0) is 17.3. The zero-order valence-electron chi connectivity index (χ0n) is 14.2. The Morgan fingerprint density at radius 2 is 2.04 bits per heavy atom. The molecule has 6 nitrogen and oxygen atoms in total. The van der Waals surface area contributed by atoms with Crippen LogP contribution in [-0.4, -0.2) is 33.7 Å². The fourth-order valence-electron chi connectivity index (χ4n) is 3.19. The lowest BCUT2D eigenvalue weighted by Crippen LogP contribution is -2.47. The van der Waals surface area contributed by atoms with Crippen LogP contribution in [0.3, 0.4) is 0 Å². The number of aryl methyl sites for hydroxylation is 1. The van der Waals surface area contributed by atoms with Crippen LogP contribution in [0.4, 0.5) is 4.39 Å². The molecule has 1 unspecified atom stereocenters. The van der Waals surface area contributed by atoms with Gasteiger partial charge in [0.2, 0.25) is 0 Å². The molecule has 1 saturated heterocycles. The third-order valence-electron chi connectivity index (χ3n) is 4.48. The second-order valence-electron chi connectivity index (χ2n) is 6.16. The van der Waals surface area contributed by atoms with Crippen molar-refractivity contribution in [2.24, 2.45) is 14.1 Å². The molecule has 1 aromatic heterocycles. The minimum Gasteiger partial charge on any atom is -0.314 e. The molecule has 0 aliphatic carbocycles. The molecule has 2 aromatic rings. The van der Waals surface area contributed by atoms with Crippen molar-refractivity contribution < 1.29 is 4.39 Å². The monoisotopic (exact) mass is 368 g/mol. The lowest BCUT2D eigenvalue weighted by molar-refractivity contribution is 0.152. The Kier molecular flexibility index (Phi) is 6.16. The minimum absolute atomic E-state index is 0. The number of hydrogen-bond donors (Lipinski definition) is 1. The number of piperazine rings is 1. The first-order valence-corrected chi connectivity index (χ1v) is 7.93. The predicted octanol–water partition coefficient (Wildman–Crippen LogP) is 0.791. The van der Waals surface area contributed by atoms with E-state index in [1.54, 1.807) is 19.3 Å². The van der Waals surface area contributed by atoms with Crippen molar-refractivity contribution in [1.82, 2.24) is 19.4 Å². The van der Waals surface area contributed by atoms with Crippen LogP contribution in [0.25, 0.3) is 0 Å². The third kappa shape index (κ3) is 4.00. The molecule has 1 aliphatic rings. The highest BCUT2D eigenvalue weighted by molar-refractivity contribution is 5.85. The van der Waals surface area contributed by atoms with E-state index in [4.69, 9.17) is 0 Å². The van der Waals surface area contributed by atoms with E-state index in [0.29, 0.717) is 18.7 Å². The van der Waals surface area contributed by atoms with Gasteiger partial charge in [-0.2, -0.15) is 0 Å². The van der Waals surface area contributed by atoms with E-state index in [1.807, 2.05) is 6.07 Å². The molecular weight excluding hydrogens is 347 g/mol. The molecule has 0 bridgehead atoms. The Balaban J connectivity index is 0.00000225. The van der Waals surface area contributed by atoms with Crippen LogP contribution in [0.15, 0.2) is 40.1 Å². The number of hydrogen-bond acceptors (Lipinski definition) is 4. The van der Waals surface area contributed by atoms with Crippen molar-refractivity contribution in [3.8, 4) is 0 Å². The molecule has 0 spiro atoms. The van der Waals surface area contributed by atoms with Crippen molar-refractivity contribution in [3.05, 3.63) is 68.2 Å². The van der Waals surface area contributed by atoms with Gasteiger partial charge in [-0.3, -0.25) is 14.3 Å². The fraction of sp³-hybridized carbons (Fsp3) is 0.412. The SMILES string of the molecule is Cl.Cn1cc(CN2CCNCC2c2cccc(F)c2)c(=O)n(C)c1=O. The summed E-state index contributed by atoms with van der Waals surface area (Å²) >= 11 is 0. The second kappa shape index (κ2) is 7.95. The van der Waals surface area contributed by atoms with Crippen molar-refractivity contribution in [3.63, 3.8) is 0 Å². The standard InChI is InChI=1S/C17H21FN4O2.ClH/c1-20-10-13(16(23)21(2)17(20)24)11-22-7-6-19-9-15(22)12-4-3-5-14(18)8-12;/h3-5,8,10,15,19H,6-7,9,11H2,1-2H3;1H. The maximum atomic E-state index is 13.6. The van der Waals surface area contributed by atoms with Gasteiger partial charge in [-0.25, -0.2) is 9.18 Å². The Labute approximate surface area is 151 Å². The van der Waals surface area contributed by atoms with E-state index in [2.05, 4.69) is 10.2 Å². The highest BCUT2D eigenvalue weighted by Crippen LogP contribution is 2.24.